The van der Waals surface area contributed by atoms with E-state index in [4.69, 9.17) is 10.8 Å². The Bertz CT molecular complexity index is 476. The van der Waals surface area contributed by atoms with Crippen LogP contribution < -0.4 is 5.73 Å². The summed E-state index contributed by atoms with van der Waals surface area (Å²) in [5.74, 6) is -1.40. The van der Waals surface area contributed by atoms with Crippen LogP contribution in [0.3, 0.4) is 0 Å². The van der Waals surface area contributed by atoms with Crippen LogP contribution in [0, 0.1) is 0 Å². The molecule has 0 radical (unpaired) electrons. The molecule has 0 aromatic carbocycles. The maximum atomic E-state index is 10.5. The number of nitrogen functional groups attached to an aromatic ring is 1. The smallest absolute Gasteiger partial charge is 0.374 e. The van der Waals surface area contributed by atoms with Crippen LogP contribution in [0.1, 0.15) is 10.6 Å². The molecule has 0 aliphatic carbocycles. The van der Waals surface area contributed by atoms with Gasteiger partial charge in [-0.1, -0.05) is 0 Å². The molecule has 13 heavy (non-hydrogen) atoms. The van der Waals surface area contributed by atoms with Crippen LogP contribution in [0.4, 0.5) is 5.69 Å². The Morgan fingerprint density at radius 2 is 2.38 bits per heavy atom. The maximum Gasteiger partial charge on any atom is 0.374 e. The second-order valence-corrected chi connectivity index (χ2v) is 2.51. The maximum absolute atomic E-state index is 10.5. The third-order valence-corrected chi connectivity index (χ3v) is 1.66. The van der Waals surface area contributed by atoms with Crippen molar-refractivity contribution in [3.05, 3.63) is 18.2 Å². The standard InChI is InChI=1S/C7H6N4O2/c8-4-2-10-5-3(4)1-9-6(11-5)7(12)13/h1-2H,8H2,(H,12,13)(H,9,10,11). The number of hydrogen-bond acceptors (Lipinski definition) is 4. The van der Waals surface area contributed by atoms with Gasteiger partial charge in [0.05, 0.1) is 11.1 Å². The van der Waals surface area contributed by atoms with Crippen molar-refractivity contribution in [3.63, 3.8) is 0 Å². The number of anilines is 1. The van der Waals surface area contributed by atoms with E-state index in [1.165, 1.54) is 6.20 Å². The number of aromatic carboxylic acids is 1. The fraction of sp³-hybridized carbons (Fsp3) is 0. The van der Waals surface area contributed by atoms with Crippen LogP contribution >= 0.6 is 0 Å². The van der Waals surface area contributed by atoms with Crippen molar-refractivity contribution < 1.29 is 9.90 Å². The van der Waals surface area contributed by atoms with Gasteiger partial charge < -0.3 is 15.8 Å². The fourth-order valence-electron chi connectivity index (χ4n) is 1.03. The van der Waals surface area contributed by atoms with E-state index in [2.05, 4.69) is 15.0 Å². The van der Waals surface area contributed by atoms with E-state index in [-0.39, 0.29) is 5.82 Å². The summed E-state index contributed by atoms with van der Waals surface area (Å²) >= 11 is 0. The minimum absolute atomic E-state index is 0.241. The summed E-state index contributed by atoms with van der Waals surface area (Å²) in [6, 6.07) is 0. The highest BCUT2D eigenvalue weighted by molar-refractivity contribution is 5.91. The molecule has 0 bridgehead atoms. The Kier molecular flexibility index (Phi) is 1.42. The number of carboxylic acid groups (broad SMARTS) is 1. The van der Waals surface area contributed by atoms with E-state index >= 15 is 0 Å². The van der Waals surface area contributed by atoms with Crippen LogP contribution in [0.2, 0.25) is 0 Å². The normalized spacial score (nSPS) is 10.5. The Hall–Kier alpha value is -2.11. The first-order chi connectivity index (χ1) is 6.18. The molecule has 0 amide bonds. The quantitative estimate of drug-likeness (QED) is 0.580. The molecule has 2 rings (SSSR count). The van der Waals surface area contributed by atoms with Crippen LogP contribution in [0.25, 0.3) is 11.0 Å². The summed E-state index contributed by atoms with van der Waals surface area (Å²) < 4.78 is 0. The van der Waals surface area contributed by atoms with Crippen molar-refractivity contribution in [2.24, 2.45) is 0 Å². The molecule has 0 atom stereocenters. The minimum Gasteiger partial charge on any atom is -0.475 e. The average Bonchev–Trinajstić information content (AvgIpc) is 2.47. The number of fused-ring (bicyclic) bond motifs is 1. The molecule has 0 aliphatic heterocycles. The van der Waals surface area contributed by atoms with Crippen molar-refractivity contribution in [2.45, 2.75) is 0 Å². The monoisotopic (exact) mass is 178 g/mol. The summed E-state index contributed by atoms with van der Waals surface area (Å²) in [4.78, 5) is 20.6. The zero-order chi connectivity index (χ0) is 9.42. The third-order valence-electron chi connectivity index (χ3n) is 1.66. The number of carboxylic acids is 1. The van der Waals surface area contributed by atoms with Gasteiger partial charge in [-0.15, -0.1) is 0 Å². The van der Waals surface area contributed by atoms with Gasteiger partial charge in [-0.05, 0) is 0 Å². The molecule has 0 unspecified atom stereocenters. The summed E-state index contributed by atoms with van der Waals surface area (Å²) in [7, 11) is 0. The zero-order valence-corrected chi connectivity index (χ0v) is 6.48. The molecule has 2 aromatic heterocycles. The molecule has 0 fully saturated rings. The van der Waals surface area contributed by atoms with Crippen molar-refractivity contribution in [1.82, 2.24) is 15.0 Å². The molecule has 2 aromatic rings. The number of nitrogens with zero attached hydrogens (tertiary/aromatic N) is 2. The summed E-state index contributed by atoms with van der Waals surface area (Å²) in [6.07, 6.45) is 2.93. The van der Waals surface area contributed by atoms with Crippen LogP contribution in [0.15, 0.2) is 12.4 Å². The largest absolute Gasteiger partial charge is 0.475 e. The van der Waals surface area contributed by atoms with E-state index in [1.54, 1.807) is 6.20 Å². The first kappa shape index (κ1) is 7.53. The molecule has 4 N–H and O–H groups in total. The zero-order valence-electron chi connectivity index (χ0n) is 6.48. The van der Waals surface area contributed by atoms with Crippen molar-refractivity contribution in [3.8, 4) is 0 Å². The molecule has 66 valence electrons. The van der Waals surface area contributed by atoms with E-state index < -0.39 is 5.97 Å². The lowest BCUT2D eigenvalue weighted by Gasteiger charge is -1.92. The van der Waals surface area contributed by atoms with Gasteiger partial charge >= 0.3 is 5.97 Å². The van der Waals surface area contributed by atoms with E-state index in [9.17, 15) is 4.79 Å². The van der Waals surface area contributed by atoms with Crippen molar-refractivity contribution in [1.29, 1.82) is 0 Å². The second-order valence-electron chi connectivity index (χ2n) is 2.51. The van der Waals surface area contributed by atoms with Gasteiger partial charge in [0.25, 0.3) is 0 Å². The highest BCUT2D eigenvalue weighted by Crippen LogP contribution is 2.16. The van der Waals surface area contributed by atoms with Crippen LogP contribution in [-0.4, -0.2) is 26.0 Å². The topological polar surface area (TPSA) is 105 Å². The molecule has 0 aliphatic rings. The van der Waals surface area contributed by atoms with Crippen molar-refractivity contribution in [2.75, 3.05) is 5.73 Å². The van der Waals surface area contributed by atoms with Crippen LogP contribution in [-0.2, 0) is 0 Å². The van der Waals surface area contributed by atoms with Gasteiger partial charge in [0.1, 0.15) is 5.65 Å². The number of hydrogen-bond donors (Lipinski definition) is 3. The Balaban J connectivity index is 2.70. The van der Waals surface area contributed by atoms with E-state index in [0.717, 1.165) is 0 Å². The van der Waals surface area contributed by atoms with Gasteiger partial charge in [-0.2, -0.15) is 0 Å². The van der Waals surface area contributed by atoms with E-state index in [0.29, 0.717) is 16.7 Å². The molecule has 6 nitrogen and oxygen atoms in total. The number of rotatable bonds is 1. The highest BCUT2D eigenvalue weighted by atomic mass is 16.4. The Morgan fingerprint density at radius 1 is 1.62 bits per heavy atom. The second kappa shape index (κ2) is 2.44. The molecule has 0 spiro atoms. The summed E-state index contributed by atoms with van der Waals surface area (Å²) in [5.41, 5.74) is 6.49. The molecule has 0 saturated carbocycles. The van der Waals surface area contributed by atoms with Crippen molar-refractivity contribution >= 4 is 22.7 Å². The van der Waals surface area contributed by atoms with Gasteiger partial charge in [0.2, 0.25) is 5.82 Å². The lowest BCUT2D eigenvalue weighted by molar-refractivity contribution is 0.0684. The number of nitrogens with one attached hydrogen (secondary N) is 1. The third kappa shape index (κ3) is 1.08. The number of aromatic amines is 1. The number of carbonyl (C=O) groups is 1. The number of nitrogens with two attached hydrogens (primary N) is 1. The Morgan fingerprint density at radius 3 is 3.08 bits per heavy atom. The van der Waals surface area contributed by atoms with Gasteiger partial charge in [-0.3, -0.25) is 0 Å². The highest BCUT2D eigenvalue weighted by Gasteiger charge is 2.09. The molecular formula is C7H6N4O2. The lowest BCUT2D eigenvalue weighted by atomic mass is 10.4. The predicted molar refractivity (Wildman–Crippen MR) is 45.3 cm³/mol. The molecule has 0 saturated heterocycles. The first-order valence-electron chi connectivity index (χ1n) is 3.51. The minimum atomic E-state index is -1.16. The SMILES string of the molecule is Nc1c[nH]c2nc(C(=O)O)ncc12. The van der Waals surface area contributed by atoms with Crippen LogP contribution in [0.5, 0.6) is 0 Å². The molecular weight excluding hydrogens is 172 g/mol. The first-order valence-corrected chi connectivity index (χ1v) is 3.51. The summed E-state index contributed by atoms with van der Waals surface area (Å²) in [5, 5.41) is 9.21. The number of H-pyrrole nitrogens is 1. The predicted octanol–water partition coefficient (Wildman–Crippen LogP) is 0.238. The Labute approximate surface area is 72.4 Å². The van der Waals surface area contributed by atoms with Gasteiger partial charge in [0.15, 0.2) is 0 Å². The van der Waals surface area contributed by atoms with Gasteiger partial charge in [0, 0.05) is 12.4 Å². The lowest BCUT2D eigenvalue weighted by Crippen LogP contribution is -2.03. The van der Waals surface area contributed by atoms with Gasteiger partial charge in [-0.25, -0.2) is 14.8 Å². The molecule has 6 heteroatoms. The molecule has 2 heterocycles. The average molecular weight is 178 g/mol. The fourth-order valence-corrected chi connectivity index (χ4v) is 1.03. The van der Waals surface area contributed by atoms with E-state index in [1.807, 2.05) is 0 Å². The summed E-state index contributed by atoms with van der Waals surface area (Å²) in [6.45, 7) is 0. The number of aromatic nitrogens is 3.